The van der Waals surface area contributed by atoms with Crippen LogP contribution in [0.1, 0.15) is 156 Å². The molecule has 1 saturated heterocycles. The van der Waals surface area contributed by atoms with Gasteiger partial charge in [-0.2, -0.15) is 0 Å². The van der Waals surface area contributed by atoms with Crippen LogP contribution in [0.5, 0.6) is 0 Å². The number of amides is 12. The Morgan fingerprint density at radius 3 is 1.78 bits per heavy atom. The third-order valence-electron chi connectivity index (χ3n) is 20.5. The SMILES string of the molecule is CC[C@H](C)[C@@H]([C@@H](CC(=O)N1CCC[C@H]1[C@H](OC)[C@@H](C)C(=O)N[C@H](C)[C@@H](O)c1ccccc1)OC)N(C)C(=O)[C@@H](NC(=O)[C@H](C(C)C)N(C)C(=O)OCc1ccc(NC(=O)[C@H](CCCNC(N)=O)NC(=O)[C@@H](NC(=O)CCC(=O)NCCOCCOCCOCCOCCC(=O)NCc2ccc(-c3nnc(C)nn3)cc2)C(C)C)cc1)C(C)C. The molecule has 0 bridgehead atoms. The van der Waals surface area contributed by atoms with Gasteiger partial charge in [-0.15, -0.1) is 20.4 Å². The molecule has 0 aliphatic carbocycles. The maximum atomic E-state index is 14.9. The molecular weight excluding hydrogens is 1530 g/mol. The van der Waals surface area contributed by atoms with Crippen LogP contribution >= 0.6 is 0 Å². The molecule has 0 spiro atoms. The maximum Gasteiger partial charge on any atom is 0.410 e. The lowest BCUT2D eigenvalue weighted by molar-refractivity contribution is -0.148. The van der Waals surface area contributed by atoms with E-state index in [1.807, 2.05) is 56.3 Å². The molecule has 0 saturated carbocycles. The number of nitrogens with zero attached hydrogens (tertiary/aromatic N) is 7. The lowest BCUT2D eigenvalue weighted by Gasteiger charge is -2.41. The molecule has 1 aliphatic heterocycles. The van der Waals surface area contributed by atoms with Gasteiger partial charge in [0.25, 0.3) is 0 Å². The van der Waals surface area contributed by atoms with E-state index in [1.54, 1.807) is 116 Å². The van der Waals surface area contributed by atoms with Crippen molar-refractivity contribution in [1.29, 1.82) is 0 Å². The molecule has 0 radical (unpaired) electrons. The summed E-state index contributed by atoms with van der Waals surface area (Å²) in [7, 11) is 6.06. The van der Waals surface area contributed by atoms with Gasteiger partial charge in [0.15, 0.2) is 5.82 Å². The van der Waals surface area contributed by atoms with Gasteiger partial charge < -0.3 is 96.3 Å². The van der Waals surface area contributed by atoms with Crippen LogP contribution in [0.15, 0.2) is 78.9 Å². The molecule has 118 heavy (non-hydrogen) atoms. The molecule has 11 N–H and O–H groups in total. The Hall–Kier alpha value is -9.91. The van der Waals surface area contributed by atoms with E-state index in [1.165, 1.54) is 26.2 Å². The second-order valence-corrected chi connectivity index (χ2v) is 30.6. The molecule has 0 unspecified atom stereocenters. The van der Waals surface area contributed by atoms with E-state index in [0.29, 0.717) is 87.2 Å². The Morgan fingerprint density at radius 1 is 0.602 bits per heavy atom. The van der Waals surface area contributed by atoms with Gasteiger partial charge in [0.1, 0.15) is 30.8 Å². The maximum absolute atomic E-state index is 14.9. The first-order valence-corrected chi connectivity index (χ1v) is 40.7. The van der Waals surface area contributed by atoms with Gasteiger partial charge in [-0.05, 0) is 92.0 Å². The van der Waals surface area contributed by atoms with Gasteiger partial charge in [0.2, 0.25) is 59.0 Å². The molecule has 1 aromatic heterocycles. The normalized spacial score (nSPS) is 15.5. The number of carbonyl (C=O) groups excluding carboxylic acids is 11. The number of methoxy groups -OCH3 is 2. The van der Waals surface area contributed by atoms with Crippen molar-refractivity contribution < 1.29 is 91.0 Å². The minimum Gasteiger partial charge on any atom is -0.445 e. The molecule has 3 aromatic carbocycles. The van der Waals surface area contributed by atoms with E-state index in [9.17, 15) is 57.8 Å². The summed E-state index contributed by atoms with van der Waals surface area (Å²) in [5.74, 6) is -5.38. The molecule has 35 heteroatoms. The summed E-state index contributed by atoms with van der Waals surface area (Å²) < 4.78 is 39.9. The van der Waals surface area contributed by atoms with E-state index in [0.717, 1.165) is 11.1 Å². The third-order valence-corrected chi connectivity index (χ3v) is 20.5. The number of primary amides is 1. The fourth-order valence-electron chi connectivity index (χ4n) is 13.6. The van der Waals surface area contributed by atoms with Gasteiger partial charge in [0.05, 0.1) is 102 Å². The van der Waals surface area contributed by atoms with Gasteiger partial charge in [-0.3, -0.25) is 48.1 Å². The van der Waals surface area contributed by atoms with Crippen LogP contribution in [0, 0.1) is 36.5 Å². The lowest BCUT2D eigenvalue weighted by atomic mass is 9.89. The number of aryl methyl sites for hydroxylation is 1. The summed E-state index contributed by atoms with van der Waals surface area (Å²) in [6, 6.07) is 15.9. The molecule has 4 aromatic rings. The number of nitrogens with one attached hydrogen (secondary N) is 8. The zero-order chi connectivity index (χ0) is 87.0. The van der Waals surface area contributed by atoms with Crippen molar-refractivity contribution in [2.75, 3.05) is 106 Å². The van der Waals surface area contributed by atoms with E-state index in [-0.39, 0.29) is 108 Å². The summed E-state index contributed by atoms with van der Waals surface area (Å²) >= 11 is 0. The molecular formula is C83H128N16O19. The van der Waals surface area contributed by atoms with E-state index in [4.69, 9.17) is 38.9 Å². The summed E-state index contributed by atoms with van der Waals surface area (Å²) in [4.78, 5) is 153. The Kier molecular flexibility index (Phi) is 43.6. The number of likely N-dealkylation sites (N-methyl/N-ethyl adjacent to an activating group) is 2. The number of hydrogen-bond donors (Lipinski definition) is 10. The highest BCUT2D eigenvalue weighted by Crippen LogP contribution is 2.31. The number of anilines is 1. The highest BCUT2D eigenvalue weighted by atomic mass is 16.6. The fraction of sp³-hybridized carbons (Fsp3) is 0.627. The molecule has 5 rings (SSSR count). The Balaban J connectivity index is 1.03. The van der Waals surface area contributed by atoms with Crippen LogP contribution in [0.4, 0.5) is 15.3 Å². The second kappa shape index (κ2) is 52.1. The summed E-state index contributed by atoms with van der Waals surface area (Å²) in [5.41, 5.74) is 8.43. The number of hydrogen-bond acceptors (Lipinski definition) is 23. The number of likely N-dealkylation sites (tertiary alicyclic amines) is 1. The Morgan fingerprint density at radius 2 is 1.19 bits per heavy atom. The summed E-state index contributed by atoms with van der Waals surface area (Å²) in [5, 5.41) is 49.0. The first-order valence-electron chi connectivity index (χ1n) is 40.7. The zero-order valence-corrected chi connectivity index (χ0v) is 71.2. The van der Waals surface area contributed by atoms with Crippen molar-refractivity contribution in [1.82, 2.24) is 72.3 Å². The highest BCUT2D eigenvalue weighted by Gasteiger charge is 2.44. The van der Waals surface area contributed by atoms with E-state index < -0.39 is 132 Å². The molecule has 654 valence electrons. The number of urea groups is 1. The zero-order valence-electron chi connectivity index (χ0n) is 71.2. The third kappa shape index (κ3) is 33.1. The Bertz CT molecular complexity index is 3770. The summed E-state index contributed by atoms with van der Waals surface area (Å²) in [6.07, 6.45) is -1.45. The van der Waals surface area contributed by atoms with E-state index >= 15 is 0 Å². The lowest BCUT2D eigenvalue weighted by Crippen LogP contribution is -2.60. The van der Waals surface area contributed by atoms with Crippen LogP contribution in [0.25, 0.3) is 11.4 Å². The number of aliphatic hydroxyl groups excluding tert-OH is 1. The second-order valence-electron chi connectivity index (χ2n) is 30.6. The number of aliphatic hydroxyl groups is 1. The number of benzene rings is 3. The molecule has 1 fully saturated rings. The van der Waals surface area contributed by atoms with Crippen molar-refractivity contribution in [3.05, 3.63) is 101 Å². The standard InChI is InChI=1S/C83H128N16O19/c1-16-54(8)73(65(112-14)48-69(103)99-39-21-25-64(99)75(113-15)55(9)77(105)88-56(10)74(104)60-22-18-17-19-23-60)97(12)81(109)71(52(4)5)92-80(108)72(53(6)7)98(13)83(111)118-50-59-28-32-62(33-29-59)89-78(106)63(24-20-37-86-82(84)110)90-79(107)70(51(2)3)91-68(102)35-34-66(100)85-38-41-115-43-45-117-47-46-116-44-42-114-40-36-67(101)87-49-58-26-30-61(31-27-58)76-95-93-57(11)94-96-76/h17-19,22-23,26-33,51-56,63-65,70-75,104H,16,20-21,24-25,34-50H2,1-15H3,(H,85,100)(H,87,101)(H,88,105)(H,89,106)(H,90,107)(H,91,102)(H,92,108)(H3,84,86,110)/t54-,55+,56+,63-,64-,65+,70-,71-,72-,73-,74+,75+/m0/s1. The van der Waals surface area contributed by atoms with Crippen LogP contribution < -0.4 is 48.3 Å². The molecule has 12 atom stereocenters. The smallest absolute Gasteiger partial charge is 0.410 e. The highest BCUT2D eigenvalue weighted by molar-refractivity contribution is 5.99. The van der Waals surface area contributed by atoms with Crippen LogP contribution in [-0.4, -0.2) is 261 Å². The first kappa shape index (κ1) is 98.7. The number of carbonyl (C=O) groups is 11. The molecule has 35 nitrogen and oxygen atoms in total. The predicted molar refractivity (Wildman–Crippen MR) is 439 cm³/mol. The average molecular weight is 1650 g/mol. The van der Waals surface area contributed by atoms with Crippen molar-refractivity contribution >= 4 is 71.0 Å². The number of ether oxygens (including phenoxy) is 7. The quantitative estimate of drug-likeness (QED) is 0.0265. The van der Waals surface area contributed by atoms with Crippen molar-refractivity contribution in [3.63, 3.8) is 0 Å². The number of nitrogens with two attached hydrogens (primary N) is 1. The van der Waals surface area contributed by atoms with Crippen molar-refractivity contribution in [2.45, 2.75) is 208 Å². The molecule has 12 amide bonds. The summed E-state index contributed by atoms with van der Waals surface area (Å²) in [6.45, 7) is 22.7. The van der Waals surface area contributed by atoms with Crippen LogP contribution in [0.2, 0.25) is 0 Å². The minimum absolute atomic E-state index is 0.0434. The van der Waals surface area contributed by atoms with Crippen molar-refractivity contribution in [2.24, 2.45) is 35.3 Å². The van der Waals surface area contributed by atoms with Gasteiger partial charge in [-0.25, -0.2) is 9.59 Å². The number of rotatable bonds is 53. The number of aromatic nitrogens is 4. The van der Waals surface area contributed by atoms with Gasteiger partial charge in [0, 0.05) is 85.0 Å². The minimum atomic E-state index is -1.17. The Labute approximate surface area is 693 Å². The fourth-order valence-corrected chi connectivity index (χ4v) is 13.6. The predicted octanol–water partition coefficient (Wildman–Crippen LogP) is 4.82. The first-order chi connectivity index (χ1) is 56.3. The van der Waals surface area contributed by atoms with E-state index in [2.05, 4.69) is 62.9 Å². The largest absolute Gasteiger partial charge is 0.445 e. The van der Waals surface area contributed by atoms with Gasteiger partial charge >= 0.3 is 12.1 Å². The molecule has 1 aliphatic rings. The van der Waals surface area contributed by atoms with Crippen LogP contribution in [0.3, 0.4) is 0 Å². The monoisotopic (exact) mass is 1650 g/mol. The van der Waals surface area contributed by atoms with Crippen LogP contribution in [-0.2, 0) is 89.5 Å². The topological polar surface area (TPSA) is 456 Å². The molecule has 2 heterocycles. The average Bonchev–Trinajstić information content (AvgIpc) is 1.48. The van der Waals surface area contributed by atoms with Gasteiger partial charge in [-0.1, -0.05) is 135 Å². The van der Waals surface area contributed by atoms with Crippen molar-refractivity contribution in [3.8, 4) is 11.4 Å².